The average Bonchev–Trinajstić information content (AvgIpc) is 2.81. The molecule has 0 aliphatic heterocycles. The summed E-state index contributed by atoms with van der Waals surface area (Å²) in [4.78, 5) is 24.8. The minimum atomic E-state index is -0.751. The second-order valence-corrected chi connectivity index (χ2v) is 7.51. The normalized spacial score (nSPS) is 10.8. The number of carbonyl (C=O) groups excluding carboxylic acids is 2. The van der Waals surface area contributed by atoms with E-state index in [4.69, 9.17) is 18.9 Å². The molecule has 0 atom stereocenters. The Balaban J connectivity index is 2.12. The Kier molecular flexibility index (Phi) is 8.31. The molecule has 0 unspecified atom stereocenters. The van der Waals surface area contributed by atoms with Gasteiger partial charge in [0.25, 0.3) is 0 Å². The number of fused-ring (bicyclic) bond motifs is 2. The van der Waals surface area contributed by atoms with Crippen molar-refractivity contribution >= 4 is 33.9 Å². The largest absolute Gasteiger partial charge is 0.513 e. The van der Waals surface area contributed by atoms with Gasteiger partial charge in [0.15, 0.2) is 5.75 Å². The first kappa shape index (κ1) is 23.4. The van der Waals surface area contributed by atoms with Crippen molar-refractivity contribution in [3.8, 4) is 11.5 Å². The molecule has 0 aliphatic carbocycles. The van der Waals surface area contributed by atoms with Gasteiger partial charge in [-0.2, -0.15) is 0 Å². The Morgan fingerprint density at radius 1 is 0.688 bits per heavy atom. The quantitative estimate of drug-likeness (QED) is 0.152. The van der Waals surface area contributed by atoms with Gasteiger partial charge in [-0.15, -0.1) is 0 Å². The number of benzene rings is 3. The van der Waals surface area contributed by atoms with Crippen molar-refractivity contribution in [1.82, 2.24) is 0 Å². The zero-order chi connectivity index (χ0) is 22.9. The molecule has 3 aromatic carbocycles. The first-order valence-electron chi connectivity index (χ1n) is 11.3. The molecular weight excluding hydrogens is 408 g/mol. The number of ether oxygens (including phenoxy) is 4. The van der Waals surface area contributed by atoms with Gasteiger partial charge in [-0.3, -0.25) is 0 Å². The van der Waals surface area contributed by atoms with Crippen LogP contribution in [0.4, 0.5) is 9.59 Å². The highest BCUT2D eigenvalue weighted by Gasteiger charge is 2.22. The van der Waals surface area contributed by atoms with E-state index in [1.54, 1.807) is 0 Å². The smallest absolute Gasteiger partial charge is 0.434 e. The van der Waals surface area contributed by atoms with Crippen LogP contribution in [0.15, 0.2) is 42.5 Å². The predicted octanol–water partition coefficient (Wildman–Crippen LogP) is 7.19. The lowest BCUT2D eigenvalue weighted by atomic mass is 9.96. The van der Waals surface area contributed by atoms with Crippen LogP contribution in [0.5, 0.6) is 11.5 Å². The maximum absolute atomic E-state index is 12.4. The van der Waals surface area contributed by atoms with Crippen molar-refractivity contribution < 1.29 is 28.5 Å². The molecule has 6 nitrogen and oxygen atoms in total. The Hall–Kier alpha value is -3.28. The summed E-state index contributed by atoms with van der Waals surface area (Å²) in [5.74, 6) is 0.792. The fourth-order valence-electron chi connectivity index (χ4n) is 3.55. The van der Waals surface area contributed by atoms with Gasteiger partial charge in [0.05, 0.1) is 13.2 Å². The Morgan fingerprint density at radius 2 is 1.22 bits per heavy atom. The van der Waals surface area contributed by atoms with Crippen LogP contribution in [0.1, 0.15) is 52.0 Å². The molecule has 32 heavy (non-hydrogen) atoms. The van der Waals surface area contributed by atoms with E-state index in [9.17, 15) is 9.59 Å². The van der Waals surface area contributed by atoms with Gasteiger partial charge >= 0.3 is 12.3 Å². The third kappa shape index (κ3) is 5.31. The highest BCUT2D eigenvalue weighted by Crippen LogP contribution is 2.44. The Labute approximate surface area is 188 Å². The molecule has 3 aromatic rings. The van der Waals surface area contributed by atoms with E-state index in [1.807, 2.05) is 63.2 Å². The number of aryl methyl sites for hydroxylation is 1. The molecule has 0 aliphatic rings. The predicted molar refractivity (Wildman–Crippen MR) is 125 cm³/mol. The van der Waals surface area contributed by atoms with Crippen molar-refractivity contribution in [2.45, 2.75) is 52.9 Å². The number of carbonyl (C=O) groups is 2. The van der Waals surface area contributed by atoms with Crippen LogP contribution in [-0.4, -0.2) is 25.5 Å². The minimum Gasteiger partial charge on any atom is -0.434 e. The van der Waals surface area contributed by atoms with E-state index in [0.717, 1.165) is 36.6 Å². The molecule has 170 valence electrons. The topological polar surface area (TPSA) is 71.1 Å². The van der Waals surface area contributed by atoms with Gasteiger partial charge < -0.3 is 18.9 Å². The lowest BCUT2D eigenvalue weighted by Crippen LogP contribution is -2.14. The number of hydrogen-bond donors (Lipinski definition) is 0. The molecule has 0 saturated carbocycles. The Morgan fingerprint density at radius 3 is 1.78 bits per heavy atom. The molecule has 0 amide bonds. The van der Waals surface area contributed by atoms with Crippen LogP contribution in [-0.2, 0) is 15.9 Å². The molecule has 0 spiro atoms. The highest BCUT2D eigenvalue weighted by molar-refractivity contribution is 6.13. The third-order valence-corrected chi connectivity index (χ3v) is 5.23. The van der Waals surface area contributed by atoms with E-state index in [-0.39, 0.29) is 0 Å². The summed E-state index contributed by atoms with van der Waals surface area (Å²) < 4.78 is 21.9. The summed E-state index contributed by atoms with van der Waals surface area (Å²) in [6.45, 7) is 6.67. The third-order valence-electron chi connectivity index (χ3n) is 5.23. The van der Waals surface area contributed by atoms with Crippen LogP contribution in [0.3, 0.4) is 0 Å². The summed E-state index contributed by atoms with van der Waals surface area (Å²) in [6.07, 6.45) is 2.58. The molecule has 0 bridgehead atoms. The van der Waals surface area contributed by atoms with Crippen LogP contribution >= 0.6 is 0 Å². The van der Waals surface area contributed by atoms with Gasteiger partial charge in [-0.05, 0) is 24.8 Å². The van der Waals surface area contributed by atoms with Gasteiger partial charge in [-0.25, -0.2) is 9.59 Å². The molecule has 0 saturated heterocycles. The standard InChI is InChI=1S/C26H30O6/c1-4-7-16-29-25(27)31-23-19-13-9-10-14-20(19)24(32-26(28)30-17-8-5-2)22-18(6-3)12-11-15-21(22)23/h9-15H,4-8,16-17H2,1-3H3. The van der Waals surface area contributed by atoms with Crippen LogP contribution in [0, 0.1) is 0 Å². The lowest BCUT2D eigenvalue weighted by Gasteiger charge is -2.18. The monoisotopic (exact) mass is 438 g/mol. The number of hydrogen-bond acceptors (Lipinski definition) is 6. The van der Waals surface area contributed by atoms with Gasteiger partial charge in [0.1, 0.15) is 5.75 Å². The second-order valence-electron chi connectivity index (χ2n) is 7.51. The molecule has 0 fully saturated rings. The summed E-state index contributed by atoms with van der Waals surface area (Å²) in [6, 6.07) is 13.1. The van der Waals surface area contributed by atoms with Gasteiger partial charge in [0.2, 0.25) is 0 Å². The van der Waals surface area contributed by atoms with Gasteiger partial charge in [0, 0.05) is 21.5 Å². The number of unbranched alkanes of at least 4 members (excludes halogenated alkanes) is 2. The maximum Gasteiger partial charge on any atom is 0.513 e. The molecule has 0 heterocycles. The van der Waals surface area contributed by atoms with E-state index in [2.05, 4.69) is 0 Å². The molecule has 0 aromatic heterocycles. The van der Waals surface area contributed by atoms with Crippen molar-refractivity contribution in [2.24, 2.45) is 0 Å². The zero-order valence-electron chi connectivity index (χ0n) is 18.9. The van der Waals surface area contributed by atoms with Crippen molar-refractivity contribution in [2.75, 3.05) is 13.2 Å². The summed E-state index contributed by atoms with van der Waals surface area (Å²) in [5, 5.41) is 2.70. The molecular formula is C26H30O6. The second kappa shape index (κ2) is 11.4. The molecule has 0 N–H and O–H groups in total. The minimum absolute atomic E-state index is 0.302. The van der Waals surface area contributed by atoms with Crippen LogP contribution in [0.2, 0.25) is 0 Å². The summed E-state index contributed by atoms with van der Waals surface area (Å²) >= 11 is 0. The van der Waals surface area contributed by atoms with Crippen molar-refractivity contribution in [3.63, 3.8) is 0 Å². The lowest BCUT2D eigenvalue weighted by molar-refractivity contribution is 0.0970. The first-order chi connectivity index (χ1) is 15.6. The average molecular weight is 439 g/mol. The van der Waals surface area contributed by atoms with Crippen LogP contribution in [0.25, 0.3) is 21.5 Å². The van der Waals surface area contributed by atoms with Gasteiger partial charge in [-0.1, -0.05) is 76.1 Å². The van der Waals surface area contributed by atoms with E-state index < -0.39 is 12.3 Å². The molecule has 6 heteroatoms. The van der Waals surface area contributed by atoms with E-state index in [0.29, 0.717) is 47.3 Å². The summed E-state index contributed by atoms with van der Waals surface area (Å²) in [7, 11) is 0. The molecule has 3 rings (SSSR count). The molecule has 0 radical (unpaired) electrons. The summed E-state index contributed by atoms with van der Waals surface area (Å²) in [5.41, 5.74) is 0.966. The maximum atomic E-state index is 12.4. The highest BCUT2D eigenvalue weighted by atomic mass is 16.7. The van der Waals surface area contributed by atoms with Crippen molar-refractivity contribution in [3.05, 3.63) is 48.0 Å². The SMILES string of the molecule is CCCCOC(=O)Oc1c2ccccc2c(OC(=O)OCCCC)c2c(CC)cccc12. The van der Waals surface area contributed by atoms with E-state index in [1.165, 1.54) is 0 Å². The van der Waals surface area contributed by atoms with Crippen LogP contribution < -0.4 is 9.47 Å². The number of rotatable bonds is 9. The van der Waals surface area contributed by atoms with Crippen molar-refractivity contribution in [1.29, 1.82) is 0 Å². The zero-order valence-corrected chi connectivity index (χ0v) is 18.9. The van der Waals surface area contributed by atoms with E-state index >= 15 is 0 Å². The Bertz CT molecular complexity index is 1090. The first-order valence-corrected chi connectivity index (χ1v) is 11.3. The fraction of sp³-hybridized carbons (Fsp3) is 0.385. The fourth-order valence-corrected chi connectivity index (χ4v) is 3.55.